The topological polar surface area (TPSA) is 18.5 Å². The van der Waals surface area contributed by atoms with Gasteiger partial charge in [0, 0.05) is 0 Å². The zero-order valence-corrected chi connectivity index (χ0v) is 8.90. The van der Waals surface area contributed by atoms with Gasteiger partial charge in [0.15, 0.2) is 0 Å². The number of ether oxygens (including phenoxy) is 2. The Kier molecular flexibility index (Phi) is 5.08. The first kappa shape index (κ1) is 11.1. The van der Waals surface area contributed by atoms with E-state index in [2.05, 4.69) is 13.8 Å². The normalized spacial score (nSPS) is 12.4. The van der Waals surface area contributed by atoms with E-state index in [0.29, 0.717) is 19.3 Å². The highest BCUT2D eigenvalue weighted by atomic mass is 16.5. The van der Waals surface area contributed by atoms with Gasteiger partial charge in [0.2, 0.25) is 0 Å². The lowest BCUT2D eigenvalue weighted by molar-refractivity contribution is 0.0427. The number of para-hydroxylation sites is 1. The van der Waals surface area contributed by atoms with Crippen molar-refractivity contribution in [2.24, 2.45) is 0 Å². The van der Waals surface area contributed by atoms with Crippen molar-refractivity contribution in [1.82, 2.24) is 0 Å². The first-order valence-corrected chi connectivity index (χ1v) is 5.12. The van der Waals surface area contributed by atoms with Crippen molar-refractivity contribution < 1.29 is 9.47 Å². The Morgan fingerprint density at radius 1 is 1.14 bits per heavy atom. The highest BCUT2D eigenvalue weighted by Crippen LogP contribution is 2.07. The van der Waals surface area contributed by atoms with E-state index in [-0.39, 0.29) is 0 Å². The minimum absolute atomic E-state index is 0.328. The molecule has 0 aromatic heterocycles. The molecule has 0 N–H and O–H groups in total. The van der Waals surface area contributed by atoms with E-state index in [4.69, 9.17) is 9.47 Å². The first-order chi connectivity index (χ1) is 6.83. The van der Waals surface area contributed by atoms with Crippen LogP contribution in [0, 0.1) is 0 Å². The molecule has 0 spiro atoms. The lowest BCUT2D eigenvalue weighted by Gasteiger charge is -2.11. The molecule has 0 aliphatic heterocycles. The van der Waals surface area contributed by atoms with E-state index in [0.717, 1.165) is 12.2 Å². The van der Waals surface area contributed by atoms with Crippen molar-refractivity contribution in [2.75, 3.05) is 13.2 Å². The zero-order chi connectivity index (χ0) is 10.2. The largest absolute Gasteiger partial charge is 0.491 e. The minimum atomic E-state index is 0.328. The van der Waals surface area contributed by atoms with Crippen molar-refractivity contribution in [2.45, 2.75) is 26.4 Å². The predicted octanol–water partition coefficient (Wildman–Crippen LogP) is 2.88. The lowest BCUT2D eigenvalue weighted by atomic mass is 10.3. The molecule has 1 aromatic rings. The maximum atomic E-state index is 5.49. The van der Waals surface area contributed by atoms with Crippen molar-refractivity contribution >= 4 is 0 Å². The Hall–Kier alpha value is -1.02. The fraction of sp³-hybridized carbons (Fsp3) is 0.500. The summed E-state index contributed by atoms with van der Waals surface area (Å²) in [5.41, 5.74) is 0. The molecule has 0 heterocycles. The maximum Gasteiger partial charge on any atom is 0.119 e. The smallest absolute Gasteiger partial charge is 0.119 e. The van der Waals surface area contributed by atoms with Crippen LogP contribution in [0.25, 0.3) is 0 Å². The molecule has 14 heavy (non-hydrogen) atoms. The molecule has 0 radical (unpaired) electrons. The molecule has 0 aliphatic rings. The molecule has 1 rings (SSSR count). The third-order valence-corrected chi connectivity index (χ3v) is 2.07. The molecule has 0 bridgehead atoms. The van der Waals surface area contributed by atoms with Crippen molar-refractivity contribution in [3.05, 3.63) is 30.3 Å². The molecule has 0 fully saturated rings. The second-order valence-corrected chi connectivity index (χ2v) is 3.25. The van der Waals surface area contributed by atoms with Crippen LogP contribution in [-0.2, 0) is 4.74 Å². The monoisotopic (exact) mass is 194 g/mol. The van der Waals surface area contributed by atoms with E-state index < -0.39 is 0 Å². The highest BCUT2D eigenvalue weighted by molar-refractivity contribution is 5.20. The van der Waals surface area contributed by atoms with Gasteiger partial charge in [-0.15, -0.1) is 0 Å². The number of hydrogen-bond acceptors (Lipinski definition) is 2. The molecule has 1 atom stereocenters. The van der Waals surface area contributed by atoms with Gasteiger partial charge in [-0.05, 0) is 25.5 Å². The van der Waals surface area contributed by atoms with Crippen LogP contribution >= 0.6 is 0 Å². The molecular formula is C12H18O2. The quantitative estimate of drug-likeness (QED) is 0.648. The van der Waals surface area contributed by atoms with Gasteiger partial charge in [-0.25, -0.2) is 0 Å². The summed E-state index contributed by atoms with van der Waals surface area (Å²) in [4.78, 5) is 0. The molecule has 0 amide bonds. The Morgan fingerprint density at radius 2 is 1.86 bits per heavy atom. The maximum absolute atomic E-state index is 5.49. The Balaban J connectivity index is 2.10. The van der Waals surface area contributed by atoms with Gasteiger partial charge in [0.05, 0.1) is 12.7 Å². The minimum Gasteiger partial charge on any atom is -0.491 e. The first-order valence-electron chi connectivity index (χ1n) is 5.12. The van der Waals surface area contributed by atoms with Gasteiger partial charge < -0.3 is 9.47 Å². The molecule has 78 valence electrons. The molecule has 0 aliphatic carbocycles. The standard InChI is InChI=1S/C12H18O2/c1-3-11(2)13-9-10-14-12-7-5-4-6-8-12/h4-8,11H,3,9-10H2,1-2H3. The van der Waals surface area contributed by atoms with Gasteiger partial charge in [-0.1, -0.05) is 25.1 Å². The number of rotatable bonds is 6. The summed E-state index contributed by atoms with van der Waals surface area (Å²) in [6.45, 7) is 5.46. The van der Waals surface area contributed by atoms with Gasteiger partial charge in [-0.2, -0.15) is 0 Å². The average molecular weight is 194 g/mol. The molecule has 0 saturated carbocycles. The summed E-state index contributed by atoms with van der Waals surface area (Å²) >= 11 is 0. The second-order valence-electron chi connectivity index (χ2n) is 3.25. The molecule has 1 aromatic carbocycles. The summed E-state index contributed by atoms with van der Waals surface area (Å²) in [6.07, 6.45) is 1.38. The summed E-state index contributed by atoms with van der Waals surface area (Å²) in [7, 11) is 0. The van der Waals surface area contributed by atoms with Crippen LogP contribution in [0.4, 0.5) is 0 Å². The average Bonchev–Trinajstić information content (AvgIpc) is 2.25. The van der Waals surface area contributed by atoms with Crippen LogP contribution in [-0.4, -0.2) is 19.3 Å². The van der Waals surface area contributed by atoms with E-state index in [1.165, 1.54) is 0 Å². The van der Waals surface area contributed by atoms with Crippen LogP contribution in [0.2, 0.25) is 0 Å². The zero-order valence-electron chi connectivity index (χ0n) is 8.90. The number of benzene rings is 1. The van der Waals surface area contributed by atoms with Crippen LogP contribution in [0.15, 0.2) is 30.3 Å². The molecule has 2 nitrogen and oxygen atoms in total. The summed E-state index contributed by atoms with van der Waals surface area (Å²) in [5, 5.41) is 0. The Morgan fingerprint density at radius 3 is 2.50 bits per heavy atom. The van der Waals surface area contributed by atoms with Gasteiger partial charge in [0.1, 0.15) is 12.4 Å². The third kappa shape index (κ3) is 4.28. The van der Waals surface area contributed by atoms with Crippen LogP contribution in [0.3, 0.4) is 0 Å². The van der Waals surface area contributed by atoms with E-state index >= 15 is 0 Å². The van der Waals surface area contributed by atoms with Crippen LogP contribution < -0.4 is 4.74 Å². The van der Waals surface area contributed by atoms with Gasteiger partial charge in [-0.3, -0.25) is 0 Å². The SMILES string of the molecule is CCC(C)OCCOc1ccccc1. The fourth-order valence-corrected chi connectivity index (χ4v) is 1.04. The van der Waals surface area contributed by atoms with Crippen molar-refractivity contribution in [3.8, 4) is 5.75 Å². The van der Waals surface area contributed by atoms with Crippen LogP contribution in [0.5, 0.6) is 5.75 Å². The van der Waals surface area contributed by atoms with E-state index in [1.54, 1.807) is 0 Å². The van der Waals surface area contributed by atoms with E-state index in [9.17, 15) is 0 Å². The fourth-order valence-electron chi connectivity index (χ4n) is 1.04. The lowest BCUT2D eigenvalue weighted by Crippen LogP contribution is -2.13. The molecule has 2 heteroatoms. The predicted molar refractivity (Wildman–Crippen MR) is 57.6 cm³/mol. The second kappa shape index (κ2) is 6.44. The van der Waals surface area contributed by atoms with Gasteiger partial charge in [0.25, 0.3) is 0 Å². The molecular weight excluding hydrogens is 176 g/mol. The van der Waals surface area contributed by atoms with Crippen molar-refractivity contribution in [1.29, 1.82) is 0 Å². The van der Waals surface area contributed by atoms with Crippen molar-refractivity contribution in [3.63, 3.8) is 0 Å². The summed E-state index contributed by atoms with van der Waals surface area (Å²) in [6, 6.07) is 9.80. The molecule has 1 unspecified atom stereocenters. The van der Waals surface area contributed by atoms with E-state index in [1.807, 2.05) is 30.3 Å². The van der Waals surface area contributed by atoms with Crippen LogP contribution in [0.1, 0.15) is 20.3 Å². The Labute approximate surface area is 85.8 Å². The molecule has 0 saturated heterocycles. The third-order valence-electron chi connectivity index (χ3n) is 2.07. The summed E-state index contributed by atoms with van der Waals surface area (Å²) < 4.78 is 11.0. The van der Waals surface area contributed by atoms with Gasteiger partial charge >= 0.3 is 0 Å². The number of hydrogen-bond donors (Lipinski definition) is 0. The Bertz CT molecular complexity index is 233. The highest BCUT2D eigenvalue weighted by Gasteiger charge is 1.97. The summed E-state index contributed by atoms with van der Waals surface area (Å²) in [5.74, 6) is 0.903.